The minimum atomic E-state index is 0. The fourth-order valence-corrected chi connectivity index (χ4v) is 3.76. The smallest absolute Gasteiger partial charge is 0.138 e. The first-order valence-corrected chi connectivity index (χ1v) is 9.19. The number of likely N-dealkylation sites (tertiary alicyclic amines) is 1. The van der Waals surface area contributed by atoms with Crippen LogP contribution in [0.25, 0.3) is 22.3 Å². The molecule has 2 aliphatic rings. The Balaban J connectivity index is 0.00000180. The van der Waals surface area contributed by atoms with Crippen molar-refractivity contribution in [1.82, 2.24) is 14.9 Å². The van der Waals surface area contributed by atoms with Crippen LogP contribution in [0.15, 0.2) is 53.7 Å². The average molecular weight is 381 g/mol. The summed E-state index contributed by atoms with van der Waals surface area (Å²) < 4.78 is 0. The van der Waals surface area contributed by atoms with Gasteiger partial charge in [-0.3, -0.25) is 4.90 Å². The van der Waals surface area contributed by atoms with E-state index in [0.717, 1.165) is 45.8 Å². The predicted octanol–water partition coefficient (Wildman–Crippen LogP) is 3.90. The molecular formula is C21H21ClN4O. The molecule has 138 valence electrons. The van der Waals surface area contributed by atoms with E-state index in [1.807, 2.05) is 36.4 Å². The quantitative estimate of drug-likeness (QED) is 0.398. The Labute approximate surface area is 164 Å². The fraction of sp³-hybridized carbons (Fsp3) is 0.286. The Morgan fingerprint density at radius 2 is 1.48 bits per heavy atom. The topological polar surface area (TPSA) is 50.6 Å². The zero-order valence-corrected chi connectivity index (χ0v) is 15.8. The van der Waals surface area contributed by atoms with Gasteiger partial charge in [-0.2, -0.15) is 0 Å². The lowest BCUT2D eigenvalue weighted by atomic mass is 10.1. The second-order valence-corrected chi connectivity index (χ2v) is 6.78. The van der Waals surface area contributed by atoms with Gasteiger partial charge in [-0.25, -0.2) is 9.97 Å². The van der Waals surface area contributed by atoms with Crippen LogP contribution >= 0.6 is 12.4 Å². The second-order valence-electron chi connectivity index (χ2n) is 6.78. The van der Waals surface area contributed by atoms with Crippen molar-refractivity contribution in [2.75, 3.05) is 26.2 Å². The number of hydrogen-bond donors (Lipinski definition) is 0. The van der Waals surface area contributed by atoms with E-state index in [0.29, 0.717) is 6.61 Å². The number of benzene rings is 2. The molecule has 0 saturated carbocycles. The highest BCUT2D eigenvalue weighted by atomic mass is 35.5. The van der Waals surface area contributed by atoms with E-state index in [1.165, 1.54) is 25.9 Å². The van der Waals surface area contributed by atoms with Crippen LogP contribution in [0.3, 0.4) is 0 Å². The van der Waals surface area contributed by atoms with Crippen LogP contribution in [-0.2, 0) is 4.84 Å². The van der Waals surface area contributed by atoms with Crippen molar-refractivity contribution in [3.63, 3.8) is 0 Å². The number of halogens is 1. The maximum atomic E-state index is 5.68. The lowest BCUT2D eigenvalue weighted by molar-refractivity contribution is 0.119. The summed E-state index contributed by atoms with van der Waals surface area (Å²) in [5.41, 5.74) is 6.38. The van der Waals surface area contributed by atoms with Crippen LogP contribution in [0.4, 0.5) is 0 Å². The van der Waals surface area contributed by atoms with Crippen LogP contribution in [0, 0.1) is 0 Å². The van der Waals surface area contributed by atoms with Crippen molar-refractivity contribution < 1.29 is 4.84 Å². The van der Waals surface area contributed by atoms with Crippen molar-refractivity contribution >= 4 is 29.2 Å². The van der Waals surface area contributed by atoms with Crippen molar-refractivity contribution in [2.45, 2.75) is 12.8 Å². The molecule has 1 aliphatic heterocycles. The van der Waals surface area contributed by atoms with Gasteiger partial charge in [-0.15, -0.1) is 12.4 Å². The Morgan fingerprint density at radius 1 is 0.852 bits per heavy atom. The molecule has 5 nitrogen and oxygen atoms in total. The Morgan fingerprint density at radius 3 is 2.22 bits per heavy atom. The molecule has 27 heavy (non-hydrogen) atoms. The molecule has 2 aromatic carbocycles. The lowest BCUT2D eigenvalue weighted by Gasteiger charge is -2.12. The first-order chi connectivity index (χ1) is 12.9. The standard InChI is InChI=1S/C21H20N4O.ClH/c1-2-8-16-15(7-1)19-21(23-18-10-4-3-9-17(18)22-19)20(16)24-26-14-13-25-11-5-6-12-25;/h1-4,7-10H,5-6,11-14H2;1H/b24-20+;. The number of aromatic nitrogens is 2. The van der Waals surface area contributed by atoms with Crippen molar-refractivity contribution in [1.29, 1.82) is 0 Å². The van der Waals surface area contributed by atoms with Gasteiger partial charge in [0.1, 0.15) is 18.0 Å². The molecule has 1 fully saturated rings. The van der Waals surface area contributed by atoms with Gasteiger partial charge in [0, 0.05) is 17.7 Å². The highest BCUT2D eigenvalue weighted by Crippen LogP contribution is 2.35. The molecular weight excluding hydrogens is 360 g/mol. The molecule has 0 amide bonds. The van der Waals surface area contributed by atoms with Gasteiger partial charge in [0.05, 0.1) is 16.7 Å². The van der Waals surface area contributed by atoms with Crippen molar-refractivity contribution in [2.24, 2.45) is 5.16 Å². The number of rotatable bonds is 4. The molecule has 0 spiro atoms. The minimum absolute atomic E-state index is 0. The van der Waals surface area contributed by atoms with Crippen LogP contribution in [0.5, 0.6) is 0 Å². The molecule has 0 unspecified atom stereocenters. The molecule has 0 bridgehead atoms. The highest BCUT2D eigenvalue weighted by molar-refractivity contribution is 6.23. The zero-order chi connectivity index (χ0) is 17.3. The normalized spacial score (nSPS) is 17.0. The first-order valence-electron chi connectivity index (χ1n) is 9.19. The van der Waals surface area contributed by atoms with Gasteiger partial charge in [-0.1, -0.05) is 41.6 Å². The first kappa shape index (κ1) is 17.9. The molecule has 0 radical (unpaired) electrons. The van der Waals surface area contributed by atoms with Crippen molar-refractivity contribution in [3.05, 3.63) is 59.8 Å². The summed E-state index contributed by atoms with van der Waals surface area (Å²) in [6.07, 6.45) is 2.58. The van der Waals surface area contributed by atoms with Gasteiger partial charge in [0.25, 0.3) is 0 Å². The van der Waals surface area contributed by atoms with E-state index in [4.69, 9.17) is 14.8 Å². The molecule has 2 heterocycles. The SMILES string of the molecule is Cl.c1ccc2c(c1)/C(=N\OCCN1CCCC1)c1nc3ccccc3nc1-2. The summed E-state index contributed by atoms with van der Waals surface area (Å²) in [7, 11) is 0. The van der Waals surface area contributed by atoms with E-state index < -0.39 is 0 Å². The summed E-state index contributed by atoms with van der Waals surface area (Å²) in [6.45, 7) is 3.86. The summed E-state index contributed by atoms with van der Waals surface area (Å²) in [5, 5.41) is 4.46. The number of para-hydroxylation sites is 2. The molecule has 0 atom stereocenters. The van der Waals surface area contributed by atoms with Crippen LogP contribution in [0.2, 0.25) is 0 Å². The van der Waals surface area contributed by atoms with Crippen molar-refractivity contribution in [3.8, 4) is 11.3 Å². The monoisotopic (exact) mass is 380 g/mol. The Bertz CT molecular complexity index is 998. The predicted molar refractivity (Wildman–Crippen MR) is 109 cm³/mol. The molecule has 3 aromatic rings. The molecule has 0 N–H and O–H groups in total. The number of hydrogen-bond acceptors (Lipinski definition) is 5. The van der Waals surface area contributed by atoms with Crippen LogP contribution in [-0.4, -0.2) is 46.8 Å². The van der Waals surface area contributed by atoms with E-state index in [9.17, 15) is 0 Å². The zero-order valence-electron chi connectivity index (χ0n) is 15.0. The molecule has 1 aromatic heterocycles. The largest absolute Gasteiger partial charge is 0.394 e. The van der Waals surface area contributed by atoms with E-state index >= 15 is 0 Å². The Hall–Kier alpha value is -2.50. The van der Waals surface area contributed by atoms with E-state index in [1.54, 1.807) is 0 Å². The summed E-state index contributed by atoms with van der Waals surface area (Å²) in [4.78, 5) is 17.8. The van der Waals surface area contributed by atoms with Crippen LogP contribution < -0.4 is 0 Å². The van der Waals surface area contributed by atoms with Crippen LogP contribution in [0.1, 0.15) is 24.1 Å². The maximum absolute atomic E-state index is 5.68. The van der Waals surface area contributed by atoms with Gasteiger partial charge in [0.15, 0.2) is 0 Å². The molecule has 1 saturated heterocycles. The third-order valence-corrected chi connectivity index (χ3v) is 5.09. The van der Waals surface area contributed by atoms with E-state index in [2.05, 4.69) is 22.2 Å². The second kappa shape index (κ2) is 7.62. The van der Waals surface area contributed by atoms with Gasteiger partial charge >= 0.3 is 0 Å². The fourth-order valence-electron chi connectivity index (χ4n) is 3.76. The van der Waals surface area contributed by atoms with Gasteiger partial charge in [-0.05, 0) is 38.1 Å². The van der Waals surface area contributed by atoms with Gasteiger partial charge < -0.3 is 4.84 Å². The maximum Gasteiger partial charge on any atom is 0.138 e. The number of oxime groups is 1. The minimum Gasteiger partial charge on any atom is -0.394 e. The van der Waals surface area contributed by atoms with Gasteiger partial charge in [0.2, 0.25) is 0 Å². The third-order valence-electron chi connectivity index (χ3n) is 5.09. The average Bonchev–Trinajstić information content (AvgIpc) is 3.30. The third kappa shape index (κ3) is 3.29. The highest BCUT2D eigenvalue weighted by Gasteiger charge is 2.28. The number of fused-ring (bicyclic) bond motifs is 4. The summed E-state index contributed by atoms with van der Waals surface area (Å²) in [5.74, 6) is 0. The molecule has 5 rings (SSSR count). The van der Waals surface area contributed by atoms with E-state index in [-0.39, 0.29) is 12.4 Å². The lowest BCUT2D eigenvalue weighted by Crippen LogP contribution is -2.23. The Kier molecular flexibility index (Phi) is 5.05. The molecule has 6 heteroatoms. The summed E-state index contributed by atoms with van der Waals surface area (Å²) >= 11 is 0. The molecule has 1 aliphatic carbocycles. The summed E-state index contributed by atoms with van der Waals surface area (Å²) in [6, 6.07) is 16.1. The number of nitrogens with zero attached hydrogens (tertiary/aromatic N) is 4.